The smallest absolute Gasteiger partial charge is 0.258 e. The highest BCUT2D eigenvalue weighted by atomic mass is 35.5. The Bertz CT molecular complexity index is 1580. The van der Waals surface area contributed by atoms with Gasteiger partial charge in [-0.15, -0.1) is 0 Å². The SMILES string of the molecule is COc1ccc(-c2ccccc2C(=O)Nc2oc(-c3ccccc3)nc2-c2c(Cl)cccc2Cl)c(O)c1. The minimum absolute atomic E-state index is 0.0193. The Morgan fingerprint density at radius 2 is 1.59 bits per heavy atom. The number of aromatic nitrogens is 1. The lowest BCUT2D eigenvalue weighted by atomic mass is 9.98. The summed E-state index contributed by atoms with van der Waals surface area (Å²) in [6.45, 7) is 0. The third-order valence-electron chi connectivity index (χ3n) is 5.74. The van der Waals surface area contributed by atoms with Crippen LogP contribution < -0.4 is 10.1 Å². The fourth-order valence-corrected chi connectivity index (χ4v) is 4.53. The van der Waals surface area contributed by atoms with E-state index in [0.29, 0.717) is 49.6 Å². The Morgan fingerprint density at radius 3 is 2.30 bits per heavy atom. The molecule has 0 unspecified atom stereocenters. The number of ether oxygens (including phenoxy) is 1. The molecule has 2 N–H and O–H groups in total. The molecular weight excluding hydrogens is 511 g/mol. The second-order valence-corrected chi connectivity index (χ2v) is 8.86. The molecule has 5 aromatic rings. The van der Waals surface area contributed by atoms with Crippen molar-refractivity contribution < 1.29 is 19.1 Å². The van der Waals surface area contributed by atoms with Gasteiger partial charge in [0.25, 0.3) is 5.91 Å². The Balaban J connectivity index is 1.59. The largest absolute Gasteiger partial charge is 0.507 e. The fraction of sp³-hybridized carbons (Fsp3) is 0.0345. The number of rotatable bonds is 6. The summed E-state index contributed by atoms with van der Waals surface area (Å²) < 4.78 is 11.2. The number of phenolic OH excluding ortho intramolecular Hbond substituents is 1. The van der Waals surface area contributed by atoms with Crippen LogP contribution in [0.2, 0.25) is 10.0 Å². The zero-order valence-electron chi connectivity index (χ0n) is 19.5. The number of benzene rings is 4. The number of nitrogens with one attached hydrogen (secondary N) is 1. The van der Waals surface area contributed by atoms with E-state index in [9.17, 15) is 9.90 Å². The molecule has 5 rings (SSSR count). The van der Waals surface area contributed by atoms with E-state index in [-0.39, 0.29) is 11.6 Å². The maximum Gasteiger partial charge on any atom is 0.258 e. The molecule has 0 aliphatic rings. The van der Waals surface area contributed by atoms with Crippen LogP contribution in [0.1, 0.15) is 10.4 Å². The number of oxazole rings is 1. The fourth-order valence-electron chi connectivity index (χ4n) is 3.96. The van der Waals surface area contributed by atoms with Gasteiger partial charge in [-0.3, -0.25) is 10.1 Å². The molecule has 0 aliphatic carbocycles. The second kappa shape index (κ2) is 10.4. The Hall–Kier alpha value is -4.26. The number of phenols is 1. The minimum Gasteiger partial charge on any atom is -0.507 e. The third-order valence-corrected chi connectivity index (χ3v) is 6.37. The summed E-state index contributed by atoms with van der Waals surface area (Å²) >= 11 is 13.0. The number of carbonyl (C=O) groups excluding carboxylic acids is 1. The van der Waals surface area contributed by atoms with E-state index < -0.39 is 5.91 Å². The van der Waals surface area contributed by atoms with E-state index in [0.717, 1.165) is 5.56 Å². The van der Waals surface area contributed by atoms with Crippen molar-refractivity contribution in [2.45, 2.75) is 0 Å². The third kappa shape index (κ3) is 4.89. The molecule has 6 nitrogen and oxygen atoms in total. The molecule has 0 aliphatic heterocycles. The van der Waals surface area contributed by atoms with Gasteiger partial charge in [0.1, 0.15) is 17.2 Å². The molecule has 8 heteroatoms. The molecule has 0 atom stereocenters. The number of hydrogen-bond donors (Lipinski definition) is 2. The van der Waals surface area contributed by atoms with Crippen molar-refractivity contribution in [2.24, 2.45) is 0 Å². The van der Waals surface area contributed by atoms with Crippen LogP contribution >= 0.6 is 23.2 Å². The molecule has 4 aromatic carbocycles. The highest BCUT2D eigenvalue weighted by Gasteiger charge is 2.24. The van der Waals surface area contributed by atoms with Crippen LogP contribution in [0.5, 0.6) is 11.5 Å². The molecule has 184 valence electrons. The van der Waals surface area contributed by atoms with Crippen molar-refractivity contribution in [1.29, 1.82) is 0 Å². The average Bonchev–Trinajstić information content (AvgIpc) is 3.32. The molecule has 1 amide bonds. The lowest BCUT2D eigenvalue weighted by molar-refractivity contribution is 0.102. The molecule has 0 bridgehead atoms. The summed E-state index contributed by atoms with van der Waals surface area (Å²) in [6.07, 6.45) is 0. The summed E-state index contributed by atoms with van der Waals surface area (Å²) in [5.41, 5.74) is 2.78. The molecule has 0 spiro atoms. The first-order valence-electron chi connectivity index (χ1n) is 11.2. The van der Waals surface area contributed by atoms with Gasteiger partial charge in [-0.1, -0.05) is 65.7 Å². The Labute approximate surface area is 223 Å². The summed E-state index contributed by atoms with van der Waals surface area (Å²) in [5, 5.41) is 14.1. The number of nitrogens with zero attached hydrogens (tertiary/aromatic N) is 1. The summed E-state index contributed by atoms with van der Waals surface area (Å²) in [7, 11) is 1.51. The average molecular weight is 531 g/mol. The first-order chi connectivity index (χ1) is 18.0. The number of amides is 1. The lowest BCUT2D eigenvalue weighted by Crippen LogP contribution is -2.13. The van der Waals surface area contributed by atoms with Crippen LogP contribution in [0, 0.1) is 0 Å². The van der Waals surface area contributed by atoms with Crippen LogP contribution in [-0.4, -0.2) is 23.1 Å². The zero-order valence-corrected chi connectivity index (χ0v) is 21.0. The zero-order chi connectivity index (χ0) is 25.9. The van der Waals surface area contributed by atoms with Gasteiger partial charge in [0.2, 0.25) is 11.8 Å². The Morgan fingerprint density at radius 1 is 0.892 bits per heavy atom. The summed E-state index contributed by atoms with van der Waals surface area (Å²) in [4.78, 5) is 18.2. The molecule has 1 aromatic heterocycles. The van der Waals surface area contributed by atoms with Gasteiger partial charge in [-0.25, -0.2) is 4.98 Å². The van der Waals surface area contributed by atoms with Crippen molar-refractivity contribution in [2.75, 3.05) is 12.4 Å². The topological polar surface area (TPSA) is 84.6 Å². The number of hydrogen-bond acceptors (Lipinski definition) is 5. The van der Waals surface area contributed by atoms with Gasteiger partial charge in [0.15, 0.2) is 0 Å². The van der Waals surface area contributed by atoms with Crippen LogP contribution in [0.25, 0.3) is 33.8 Å². The van der Waals surface area contributed by atoms with E-state index in [1.54, 1.807) is 54.6 Å². The van der Waals surface area contributed by atoms with Gasteiger partial charge in [0, 0.05) is 28.3 Å². The van der Waals surface area contributed by atoms with E-state index in [1.165, 1.54) is 13.2 Å². The van der Waals surface area contributed by atoms with Gasteiger partial charge < -0.3 is 14.3 Å². The van der Waals surface area contributed by atoms with Gasteiger partial charge in [0.05, 0.1) is 17.2 Å². The maximum absolute atomic E-state index is 13.6. The van der Waals surface area contributed by atoms with Crippen LogP contribution in [-0.2, 0) is 0 Å². The summed E-state index contributed by atoms with van der Waals surface area (Å²) in [6, 6.07) is 26.2. The number of anilines is 1. The molecule has 37 heavy (non-hydrogen) atoms. The number of aromatic hydroxyl groups is 1. The molecule has 0 radical (unpaired) electrons. The number of methoxy groups -OCH3 is 1. The molecule has 1 heterocycles. The van der Waals surface area contributed by atoms with Crippen LogP contribution in [0.4, 0.5) is 5.88 Å². The molecule has 0 fully saturated rings. The van der Waals surface area contributed by atoms with E-state index in [1.807, 2.05) is 30.3 Å². The van der Waals surface area contributed by atoms with E-state index >= 15 is 0 Å². The quantitative estimate of drug-likeness (QED) is 0.232. The van der Waals surface area contributed by atoms with Crippen LogP contribution in [0.3, 0.4) is 0 Å². The summed E-state index contributed by atoms with van der Waals surface area (Å²) in [5.74, 6) is 0.398. The molecule has 0 saturated carbocycles. The van der Waals surface area contributed by atoms with E-state index in [2.05, 4.69) is 10.3 Å². The van der Waals surface area contributed by atoms with Gasteiger partial charge >= 0.3 is 0 Å². The van der Waals surface area contributed by atoms with Gasteiger partial charge in [-0.2, -0.15) is 0 Å². The predicted molar refractivity (Wildman–Crippen MR) is 145 cm³/mol. The monoisotopic (exact) mass is 530 g/mol. The van der Waals surface area contributed by atoms with Crippen LogP contribution in [0.15, 0.2) is 95.4 Å². The number of carbonyl (C=O) groups is 1. The van der Waals surface area contributed by atoms with Crippen molar-refractivity contribution in [3.8, 4) is 45.3 Å². The number of halogens is 2. The second-order valence-electron chi connectivity index (χ2n) is 8.04. The highest BCUT2D eigenvalue weighted by molar-refractivity contribution is 6.39. The normalized spacial score (nSPS) is 10.8. The highest BCUT2D eigenvalue weighted by Crippen LogP contribution is 2.41. The molecule has 0 saturated heterocycles. The van der Waals surface area contributed by atoms with E-state index in [4.69, 9.17) is 32.4 Å². The predicted octanol–water partition coefficient (Wildman–Crippen LogP) is 7.95. The first kappa shape index (κ1) is 24.4. The standard InChI is InChI=1S/C29H20Cl2N2O4/c1-36-18-14-15-20(24(34)16-18)19-10-5-6-11-21(19)27(35)33-29-26(25-22(30)12-7-13-23(25)31)32-28(37-29)17-8-3-2-4-9-17/h2-16,34H,1H3,(H,33,35). The first-order valence-corrected chi connectivity index (χ1v) is 12.0. The minimum atomic E-state index is -0.467. The van der Waals surface area contributed by atoms with Gasteiger partial charge in [-0.05, 0) is 48.0 Å². The van der Waals surface area contributed by atoms with Crippen molar-refractivity contribution in [3.05, 3.63) is 107 Å². The molecular formula is C29H20Cl2N2O4. The van der Waals surface area contributed by atoms with Crippen molar-refractivity contribution >= 4 is 35.0 Å². The van der Waals surface area contributed by atoms with Crippen molar-refractivity contribution in [3.63, 3.8) is 0 Å². The van der Waals surface area contributed by atoms with Crippen molar-refractivity contribution in [1.82, 2.24) is 4.98 Å². The Kier molecular flexibility index (Phi) is 6.86. The maximum atomic E-state index is 13.6. The lowest BCUT2D eigenvalue weighted by Gasteiger charge is -2.12.